The van der Waals surface area contributed by atoms with E-state index in [-0.39, 0.29) is 18.4 Å². The fraction of sp³-hybridized carbons (Fsp3) is 0.750. The Bertz CT molecular complexity index is 171. The van der Waals surface area contributed by atoms with Crippen LogP contribution in [0.2, 0.25) is 0 Å². The lowest BCUT2D eigenvalue weighted by atomic mass is 10.4. The number of rotatable bonds is 6. The van der Waals surface area contributed by atoms with Crippen molar-refractivity contribution >= 4 is 11.8 Å². The van der Waals surface area contributed by atoms with Gasteiger partial charge in [-0.25, -0.2) is 0 Å². The van der Waals surface area contributed by atoms with E-state index in [1.165, 1.54) is 7.11 Å². The van der Waals surface area contributed by atoms with Crippen molar-refractivity contribution in [2.45, 2.75) is 13.3 Å². The van der Waals surface area contributed by atoms with Crippen LogP contribution in [0.1, 0.15) is 13.3 Å². The minimum atomic E-state index is -0.173. The Balaban J connectivity index is 3.25. The molecule has 0 fully saturated rings. The number of carbonyl (C=O) groups excluding carboxylic acids is 2. The average Bonchev–Trinajstić information content (AvgIpc) is 2.12. The van der Waals surface area contributed by atoms with Crippen LogP contribution in [0.3, 0.4) is 0 Å². The summed E-state index contributed by atoms with van der Waals surface area (Å²) in [6.07, 6.45) is 0.464. The normalized spacial score (nSPS) is 9.38. The van der Waals surface area contributed by atoms with Crippen molar-refractivity contribution in [2.75, 3.05) is 26.8 Å². The van der Waals surface area contributed by atoms with Gasteiger partial charge in [-0.05, 0) is 0 Å². The molecule has 0 unspecified atom stereocenters. The molecule has 2 amide bonds. The summed E-state index contributed by atoms with van der Waals surface area (Å²) in [5.41, 5.74) is 0. The minimum Gasteiger partial charge on any atom is -0.375 e. The first kappa shape index (κ1) is 11.9. The van der Waals surface area contributed by atoms with Gasteiger partial charge in [-0.2, -0.15) is 0 Å². The molecule has 13 heavy (non-hydrogen) atoms. The van der Waals surface area contributed by atoms with E-state index in [4.69, 9.17) is 0 Å². The molecule has 2 N–H and O–H groups in total. The number of carbonyl (C=O) groups is 2. The summed E-state index contributed by atoms with van der Waals surface area (Å²) < 4.78 is 4.60. The molecule has 5 nitrogen and oxygen atoms in total. The maximum absolute atomic E-state index is 10.8. The zero-order valence-corrected chi connectivity index (χ0v) is 8.05. The molecule has 76 valence electrons. The number of methoxy groups -OCH3 is 1. The molecule has 0 heterocycles. The first-order valence-electron chi connectivity index (χ1n) is 4.23. The van der Waals surface area contributed by atoms with E-state index in [9.17, 15) is 9.59 Å². The summed E-state index contributed by atoms with van der Waals surface area (Å²) in [6, 6.07) is 0. The molecule has 0 aliphatic rings. The van der Waals surface area contributed by atoms with Gasteiger partial charge in [0.1, 0.15) is 6.61 Å². The topological polar surface area (TPSA) is 67.4 Å². The van der Waals surface area contributed by atoms with Crippen LogP contribution in [-0.2, 0) is 14.3 Å². The molecule has 0 saturated heterocycles. The smallest absolute Gasteiger partial charge is 0.246 e. The molecule has 0 aliphatic carbocycles. The van der Waals surface area contributed by atoms with E-state index in [0.29, 0.717) is 19.5 Å². The van der Waals surface area contributed by atoms with Gasteiger partial charge in [-0.3, -0.25) is 9.59 Å². The predicted molar refractivity (Wildman–Crippen MR) is 48.2 cm³/mol. The molecule has 0 aromatic heterocycles. The standard InChI is InChI=1S/C8H16N2O3/c1-3-7(11)9-4-5-10-8(12)6-13-2/h3-6H2,1-2H3,(H,9,11)(H,10,12). The number of ether oxygens (including phenoxy) is 1. The van der Waals surface area contributed by atoms with Gasteiger partial charge >= 0.3 is 0 Å². The second kappa shape index (κ2) is 7.54. The van der Waals surface area contributed by atoms with E-state index in [1.54, 1.807) is 6.92 Å². The van der Waals surface area contributed by atoms with E-state index in [2.05, 4.69) is 15.4 Å². The second-order valence-corrected chi connectivity index (χ2v) is 2.49. The highest BCUT2D eigenvalue weighted by molar-refractivity contribution is 5.77. The van der Waals surface area contributed by atoms with E-state index < -0.39 is 0 Å². The number of hydrogen-bond acceptors (Lipinski definition) is 3. The molecule has 0 aliphatic heterocycles. The van der Waals surface area contributed by atoms with Crippen molar-refractivity contribution in [3.05, 3.63) is 0 Å². The van der Waals surface area contributed by atoms with Crippen molar-refractivity contribution in [3.63, 3.8) is 0 Å². The van der Waals surface area contributed by atoms with Crippen molar-refractivity contribution in [2.24, 2.45) is 0 Å². The monoisotopic (exact) mass is 188 g/mol. The van der Waals surface area contributed by atoms with Gasteiger partial charge in [-0.15, -0.1) is 0 Å². The van der Waals surface area contributed by atoms with Gasteiger partial charge in [-0.1, -0.05) is 6.92 Å². The Morgan fingerprint density at radius 2 is 1.69 bits per heavy atom. The van der Waals surface area contributed by atoms with Crippen LogP contribution in [0.25, 0.3) is 0 Å². The van der Waals surface area contributed by atoms with Gasteiger partial charge in [0, 0.05) is 26.6 Å². The van der Waals surface area contributed by atoms with Crippen molar-refractivity contribution in [1.82, 2.24) is 10.6 Å². The molecule has 0 aromatic carbocycles. The Kier molecular flexibility index (Phi) is 6.91. The molecule has 0 bridgehead atoms. The summed E-state index contributed by atoms with van der Waals surface area (Å²) in [5, 5.41) is 5.22. The summed E-state index contributed by atoms with van der Waals surface area (Å²) in [4.78, 5) is 21.5. The lowest BCUT2D eigenvalue weighted by molar-refractivity contribution is -0.125. The zero-order valence-electron chi connectivity index (χ0n) is 8.05. The quantitative estimate of drug-likeness (QED) is 0.540. The third kappa shape index (κ3) is 7.27. The van der Waals surface area contributed by atoms with Crippen molar-refractivity contribution in [3.8, 4) is 0 Å². The summed E-state index contributed by atoms with van der Waals surface area (Å²) in [6.45, 7) is 2.73. The first-order valence-corrected chi connectivity index (χ1v) is 4.23. The van der Waals surface area contributed by atoms with Crippen LogP contribution < -0.4 is 10.6 Å². The summed E-state index contributed by atoms with van der Waals surface area (Å²) >= 11 is 0. The molecule has 0 rings (SSSR count). The Hall–Kier alpha value is -1.10. The van der Waals surface area contributed by atoms with Crippen LogP contribution in [0, 0.1) is 0 Å². The highest BCUT2D eigenvalue weighted by atomic mass is 16.5. The van der Waals surface area contributed by atoms with Crippen molar-refractivity contribution < 1.29 is 14.3 Å². The Morgan fingerprint density at radius 3 is 2.15 bits per heavy atom. The van der Waals surface area contributed by atoms with E-state index in [1.807, 2.05) is 0 Å². The summed E-state index contributed by atoms with van der Waals surface area (Å²) in [7, 11) is 1.46. The fourth-order valence-electron chi connectivity index (χ4n) is 0.711. The molecule has 0 atom stereocenters. The third-order valence-electron chi connectivity index (χ3n) is 1.37. The van der Waals surface area contributed by atoms with Crippen LogP contribution in [0.4, 0.5) is 0 Å². The first-order chi connectivity index (χ1) is 6.20. The molecular formula is C8H16N2O3. The van der Waals surface area contributed by atoms with Gasteiger partial charge in [0.15, 0.2) is 0 Å². The lowest BCUT2D eigenvalue weighted by Gasteiger charge is -2.05. The maximum Gasteiger partial charge on any atom is 0.246 e. The van der Waals surface area contributed by atoms with Crippen LogP contribution in [-0.4, -0.2) is 38.6 Å². The number of hydrogen-bond donors (Lipinski definition) is 2. The Labute approximate surface area is 77.8 Å². The van der Waals surface area contributed by atoms with Gasteiger partial charge in [0.2, 0.25) is 11.8 Å². The Morgan fingerprint density at radius 1 is 1.15 bits per heavy atom. The van der Waals surface area contributed by atoms with E-state index >= 15 is 0 Å². The molecule has 5 heteroatoms. The van der Waals surface area contributed by atoms with Crippen LogP contribution >= 0.6 is 0 Å². The number of amides is 2. The molecule has 0 saturated carbocycles. The molecule has 0 aromatic rings. The third-order valence-corrected chi connectivity index (χ3v) is 1.37. The van der Waals surface area contributed by atoms with Crippen LogP contribution in [0.5, 0.6) is 0 Å². The lowest BCUT2D eigenvalue weighted by Crippen LogP contribution is -2.35. The number of nitrogens with one attached hydrogen (secondary N) is 2. The largest absolute Gasteiger partial charge is 0.375 e. The predicted octanol–water partition coefficient (Wildman–Crippen LogP) is -0.725. The SMILES string of the molecule is CCC(=O)NCCNC(=O)COC. The van der Waals surface area contributed by atoms with Crippen molar-refractivity contribution in [1.29, 1.82) is 0 Å². The maximum atomic E-state index is 10.8. The zero-order chi connectivity index (χ0) is 10.1. The fourth-order valence-corrected chi connectivity index (χ4v) is 0.711. The van der Waals surface area contributed by atoms with E-state index in [0.717, 1.165) is 0 Å². The highest BCUT2D eigenvalue weighted by Crippen LogP contribution is 1.73. The molecule has 0 spiro atoms. The summed E-state index contributed by atoms with van der Waals surface area (Å²) in [5.74, 6) is -0.186. The van der Waals surface area contributed by atoms with Gasteiger partial charge in [0.25, 0.3) is 0 Å². The van der Waals surface area contributed by atoms with Gasteiger partial charge in [0.05, 0.1) is 0 Å². The highest BCUT2D eigenvalue weighted by Gasteiger charge is 1.98. The average molecular weight is 188 g/mol. The molecule has 0 radical (unpaired) electrons. The van der Waals surface area contributed by atoms with Crippen LogP contribution in [0.15, 0.2) is 0 Å². The van der Waals surface area contributed by atoms with Gasteiger partial charge < -0.3 is 15.4 Å². The second-order valence-electron chi connectivity index (χ2n) is 2.49. The minimum absolute atomic E-state index is 0.0130. The molecular weight excluding hydrogens is 172 g/mol.